The Kier molecular flexibility index (Phi) is 10.2. The van der Waals surface area contributed by atoms with Crippen LogP contribution in [0.5, 0.6) is 0 Å². The standard InChI is InChI=1S/C36H51ClN2O3/c1-22-17-28(19-30(37)18-22)33-32(40)20-31(25(4)36(39-33)15-13-29(14-16-36)35(5,6)7)24(3)26-9-11-27(12-10-26)34(41)38-21-23(2)42-8/h9,11,17-19,23-25,29,31H,10,12-16,20-21H2,1-8H3,(H,38,41). The molecule has 5 nitrogen and oxygen atoms in total. The van der Waals surface area contributed by atoms with Crippen molar-refractivity contribution in [1.82, 2.24) is 5.32 Å². The van der Waals surface area contributed by atoms with Gasteiger partial charge in [0.05, 0.1) is 11.6 Å². The van der Waals surface area contributed by atoms with Gasteiger partial charge in [-0.25, -0.2) is 0 Å². The Morgan fingerprint density at radius 1 is 1.14 bits per heavy atom. The van der Waals surface area contributed by atoms with Crippen LogP contribution in [0.2, 0.25) is 5.02 Å². The van der Waals surface area contributed by atoms with Crippen LogP contribution in [0.4, 0.5) is 0 Å². The predicted molar refractivity (Wildman–Crippen MR) is 173 cm³/mol. The van der Waals surface area contributed by atoms with Crippen LogP contribution in [-0.4, -0.2) is 42.7 Å². The molecule has 230 valence electrons. The summed E-state index contributed by atoms with van der Waals surface area (Å²) in [5.74, 6) is 1.38. The van der Waals surface area contributed by atoms with Crippen LogP contribution in [0, 0.1) is 36.0 Å². The molecule has 4 rings (SSSR count). The van der Waals surface area contributed by atoms with Gasteiger partial charge in [-0.3, -0.25) is 14.6 Å². The van der Waals surface area contributed by atoms with Gasteiger partial charge in [-0.15, -0.1) is 0 Å². The maximum Gasteiger partial charge on any atom is 0.247 e. The van der Waals surface area contributed by atoms with Gasteiger partial charge in [-0.05, 0) is 105 Å². The van der Waals surface area contributed by atoms with Crippen LogP contribution < -0.4 is 5.32 Å². The van der Waals surface area contributed by atoms with Crippen molar-refractivity contribution in [2.75, 3.05) is 13.7 Å². The molecule has 2 aliphatic carbocycles. The van der Waals surface area contributed by atoms with Crippen molar-refractivity contribution in [2.24, 2.45) is 34.1 Å². The van der Waals surface area contributed by atoms with Crippen molar-refractivity contribution in [3.05, 3.63) is 57.6 Å². The lowest BCUT2D eigenvalue weighted by molar-refractivity contribution is -0.118. The molecule has 1 spiro atoms. The molecule has 3 aliphatic rings. The highest BCUT2D eigenvalue weighted by Gasteiger charge is 2.49. The number of benzene rings is 1. The smallest absolute Gasteiger partial charge is 0.247 e. The van der Waals surface area contributed by atoms with E-state index in [1.54, 1.807) is 7.11 Å². The van der Waals surface area contributed by atoms with Crippen molar-refractivity contribution in [3.63, 3.8) is 0 Å². The monoisotopic (exact) mass is 594 g/mol. The maximum absolute atomic E-state index is 14.1. The van der Waals surface area contributed by atoms with E-state index in [0.29, 0.717) is 36.0 Å². The SMILES string of the molecule is COC(C)CNC(=O)C1=CC=C(C(C)C2CC(=O)C(c3cc(C)cc(Cl)c3)=NC3(CCC(C(C)(C)C)CC3)C2C)CC1. The highest BCUT2D eigenvalue weighted by Crippen LogP contribution is 2.51. The Hall–Kier alpha value is -2.24. The lowest BCUT2D eigenvalue weighted by atomic mass is 9.60. The number of amides is 1. The van der Waals surface area contributed by atoms with E-state index in [1.165, 1.54) is 5.57 Å². The van der Waals surface area contributed by atoms with Gasteiger partial charge in [0, 0.05) is 36.2 Å². The third kappa shape index (κ3) is 7.27. The molecular weight excluding hydrogens is 544 g/mol. The number of halogens is 1. The average molecular weight is 595 g/mol. The van der Waals surface area contributed by atoms with Gasteiger partial charge < -0.3 is 10.1 Å². The highest BCUT2D eigenvalue weighted by atomic mass is 35.5. The number of nitrogens with zero attached hydrogens (tertiary/aromatic N) is 1. The minimum Gasteiger partial charge on any atom is -0.380 e. The number of rotatable bonds is 7. The summed E-state index contributed by atoms with van der Waals surface area (Å²) >= 11 is 6.48. The fourth-order valence-corrected chi connectivity index (χ4v) is 7.75. The third-order valence-electron chi connectivity index (χ3n) is 10.6. The Bertz CT molecular complexity index is 1240. The number of Topliss-reactive ketones (excluding diaryl/α,β-unsaturated/α-hetero) is 1. The van der Waals surface area contributed by atoms with Crippen molar-refractivity contribution in [3.8, 4) is 0 Å². The molecule has 1 heterocycles. The molecule has 1 aliphatic heterocycles. The first-order valence-corrected chi connectivity index (χ1v) is 16.2. The van der Waals surface area contributed by atoms with Crippen LogP contribution in [-0.2, 0) is 14.3 Å². The zero-order valence-corrected chi connectivity index (χ0v) is 27.7. The molecule has 42 heavy (non-hydrogen) atoms. The molecule has 0 bridgehead atoms. The second kappa shape index (κ2) is 13.2. The fourth-order valence-electron chi connectivity index (χ4n) is 7.46. The van der Waals surface area contributed by atoms with Crippen molar-refractivity contribution >= 4 is 29.0 Å². The van der Waals surface area contributed by atoms with E-state index in [9.17, 15) is 9.59 Å². The summed E-state index contributed by atoms with van der Waals surface area (Å²) in [5, 5.41) is 3.62. The zero-order valence-electron chi connectivity index (χ0n) is 27.0. The molecule has 1 aromatic rings. The van der Waals surface area contributed by atoms with E-state index < -0.39 is 0 Å². The quantitative estimate of drug-likeness (QED) is 0.347. The van der Waals surface area contributed by atoms with Gasteiger partial charge in [0.1, 0.15) is 5.71 Å². The molecule has 1 fully saturated rings. The Morgan fingerprint density at radius 3 is 2.40 bits per heavy atom. The Balaban J connectivity index is 1.64. The normalized spacial score (nSPS) is 28.4. The number of nitrogens with one attached hydrogen (secondary N) is 1. The maximum atomic E-state index is 14.1. The summed E-state index contributed by atoms with van der Waals surface area (Å²) in [6.07, 6.45) is 10.4. The van der Waals surface area contributed by atoms with E-state index in [0.717, 1.165) is 48.8 Å². The van der Waals surface area contributed by atoms with E-state index >= 15 is 0 Å². The molecule has 4 unspecified atom stereocenters. The number of carbonyl (C=O) groups is 2. The summed E-state index contributed by atoms with van der Waals surface area (Å²) in [5.41, 5.74) is 4.61. The van der Waals surface area contributed by atoms with Crippen LogP contribution in [0.25, 0.3) is 0 Å². The predicted octanol–water partition coefficient (Wildman–Crippen LogP) is 8.07. The van der Waals surface area contributed by atoms with Gasteiger partial charge in [-0.1, -0.05) is 63.9 Å². The van der Waals surface area contributed by atoms with E-state index in [2.05, 4.69) is 52.1 Å². The van der Waals surface area contributed by atoms with Gasteiger partial charge in [0.25, 0.3) is 0 Å². The lowest BCUT2D eigenvalue weighted by Crippen LogP contribution is -2.44. The average Bonchev–Trinajstić information content (AvgIpc) is 3.05. The largest absolute Gasteiger partial charge is 0.380 e. The summed E-state index contributed by atoms with van der Waals surface area (Å²) in [7, 11) is 1.65. The molecule has 1 aromatic carbocycles. The van der Waals surface area contributed by atoms with E-state index in [-0.39, 0.29) is 46.5 Å². The number of hydrogen-bond donors (Lipinski definition) is 1. The minimum absolute atomic E-state index is 0.0211. The van der Waals surface area contributed by atoms with Crippen LogP contribution in [0.3, 0.4) is 0 Å². The lowest BCUT2D eigenvalue weighted by Gasteiger charge is -2.47. The first-order valence-electron chi connectivity index (χ1n) is 15.9. The summed E-state index contributed by atoms with van der Waals surface area (Å²) in [6.45, 7) is 16.1. The van der Waals surface area contributed by atoms with Gasteiger partial charge in [-0.2, -0.15) is 0 Å². The second-order valence-corrected chi connectivity index (χ2v) is 14.7. The summed E-state index contributed by atoms with van der Waals surface area (Å²) in [4.78, 5) is 32.2. The Morgan fingerprint density at radius 2 is 1.83 bits per heavy atom. The van der Waals surface area contributed by atoms with Gasteiger partial charge in [0.15, 0.2) is 5.78 Å². The fraction of sp³-hybridized carbons (Fsp3) is 0.639. The first-order chi connectivity index (χ1) is 19.7. The van der Waals surface area contributed by atoms with E-state index in [1.807, 2.05) is 32.1 Å². The molecule has 4 atom stereocenters. The third-order valence-corrected chi connectivity index (χ3v) is 10.8. The number of methoxy groups -OCH3 is 1. The number of ether oxygens (including phenoxy) is 1. The van der Waals surface area contributed by atoms with Crippen LogP contribution >= 0.6 is 11.6 Å². The van der Waals surface area contributed by atoms with E-state index in [4.69, 9.17) is 21.3 Å². The molecule has 0 radical (unpaired) electrons. The number of aryl methyl sites for hydroxylation is 1. The zero-order chi connectivity index (χ0) is 30.8. The number of ketones is 1. The first kappa shape index (κ1) is 32.7. The van der Waals surface area contributed by atoms with Gasteiger partial charge >= 0.3 is 0 Å². The number of allylic oxidation sites excluding steroid dienone is 3. The topological polar surface area (TPSA) is 67.8 Å². The molecule has 1 saturated carbocycles. The molecule has 6 heteroatoms. The summed E-state index contributed by atoms with van der Waals surface area (Å²) in [6, 6.07) is 5.89. The van der Waals surface area contributed by atoms with Crippen molar-refractivity contribution < 1.29 is 14.3 Å². The van der Waals surface area contributed by atoms with Crippen LogP contribution in [0.15, 0.2) is 46.5 Å². The Labute approximate surface area is 258 Å². The molecule has 0 aromatic heterocycles. The molecule has 0 saturated heterocycles. The van der Waals surface area contributed by atoms with Gasteiger partial charge in [0.2, 0.25) is 5.91 Å². The van der Waals surface area contributed by atoms with Crippen molar-refractivity contribution in [1.29, 1.82) is 0 Å². The number of hydrogen-bond acceptors (Lipinski definition) is 4. The number of carbonyl (C=O) groups excluding carboxylic acids is 2. The van der Waals surface area contributed by atoms with Crippen molar-refractivity contribution in [2.45, 2.75) is 105 Å². The molecule has 1 amide bonds. The number of aliphatic imine (C=N–C) groups is 1. The second-order valence-electron chi connectivity index (χ2n) is 14.3. The summed E-state index contributed by atoms with van der Waals surface area (Å²) < 4.78 is 5.26. The highest BCUT2D eigenvalue weighted by molar-refractivity contribution is 6.47. The molecular formula is C36H51ClN2O3. The minimum atomic E-state index is -0.271. The molecule has 1 N–H and O–H groups in total. The van der Waals surface area contributed by atoms with Crippen LogP contribution in [0.1, 0.15) is 97.6 Å².